The summed E-state index contributed by atoms with van der Waals surface area (Å²) in [7, 11) is 0. The van der Waals surface area contributed by atoms with Gasteiger partial charge in [0.25, 0.3) is 0 Å². The minimum Gasteiger partial charge on any atom is -0.368 e. The van der Waals surface area contributed by atoms with Crippen molar-refractivity contribution in [2.45, 2.75) is 52.1 Å². The Labute approximate surface area is 125 Å². The van der Waals surface area contributed by atoms with Crippen molar-refractivity contribution in [3.8, 4) is 0 Å². The molecule has 0 aromatic heterocycles. The molecule has 1 aliphatic carbocycles. The molecule has 0 heterocycles. The van der Waals surface area contributed by atoms with Crippen LogP contribution in [0.15, 0.2) is 22.7 Å². The molecule has 106 valence electrons. The molecule has 0 aliphatic heterocycles. The number of nitrogens with zero attached hydrogens (tertiary/aromatic N) is 1. The maximum absolute atomic E-state index is 3.76. The molecular formula is C16H25BrN2. The molecule has 1 aliphatic rings. The highest BCUT2D eigenvalue weighted by Crippen LogP contribution is 2.36. The lowest BCUT2D eigenvalue weighted by Crippen LogP contribution is -2.27. The molecule has 0 atom stereocenters. The maximum Gasteiger partial charge on any atom is 0.0513 e. The van der Waals surface area contributed by atoms with E-state index in [2.05, 4.69) is 58.2 Å². The molecular weight excluding hydrogens is 300 g/mol. The van der Waals surface area contributed by atoms with Crippen LogP contribution in [0.2, 0.25) is 0 Å². The van der Waals surface area contributed by atoms with Crippen molar-refractivity contribution in [1.82, 2.24) is 5.32 Å². The van der Waals surface area contributed by atoms with Gasteiger partial charge in [0, 0.05) is 23.6 Å². The van der Waals surface area contributed by atoms with Crippen LogP contribution in [0.4, 0.5) is 5.69 Å². The zero-order valence-electron chi connectivity index (χ0n) is 12.1. The molecule has 0 spiro atoms. The van der Waals surface area contributed by atoms with Gasteiger partial charge in [0.15, 0.2) is 0 Å². The van der Waals surface area contributed by atoms with Gasteiger partial charge in [-0.25, -0.2) is 0 Å². The van der Waals surface area contributed by atoms with Gasteiger partial charge in [0.1, 0.15) is 0 Å². The summed E-state index contributed by atoms with van der Waals surface area (Å²) in [6, 6.07) is 7.58. The molecule has 3 heteroatoms. The lowest BCUT2D eigenvalue weighted by atomic mass is 10.1. The van der Waals surface area contributed by atoms with Gasteiger partial charge in [-0.15, -0.1) is 0 Å². The predicted molar refractivity (Wildman–Crippen MR) is 86.8 cm³/mol. The van der Waals surface area contributed by atoms with E-state index in [9.17, 15) is 0 Å². The zero-order chi connectivity index (χ0) is 13.7. The highest BCUT2D eigenvalue weighted by Gasteiger charge is 2.29. The summed E-state index contributed by atoms with van der Waals surface area (Å²) >= 11 is 3.76. The molecule has 0 amide bonds. The standard InChI is InChI=1S/C16H25BrN2/c1-3-5-10-19(14-7-8-14)16-9-6-13(11-15(16)17)12-18-4-2/h6,9,11,14,18H,3-5,7-8,10,12H2,1-2H3. The van der Waals surface area contributed by atoms with Crippen LogP contribution >= 0.6 is 15.9 Å². The minimum absolute atomic E-state index is 0.780. The number of hydrogen-bond donors (Lipinski definition) is 1. The van der Waals surface area contributed by atoms with Crippen molar-refractivity contribution in [2.75, 3.05) is 18.0 Å². The minimum atomic E-state index is 0.780. The maximum atomic E-state index is 3.76. The Morgan fingerprint density at radius 1 is 1.32 bits per heavy atom. The molecule has 0 bridgehead atoms. The molecule has 0 saturated heterocycles. The Kier molecular flexibility index (Phi) is 5.71. The van der Waals surface area contributed by atoms with E-state index in [1.807, 2.05) is 0 Å². The number of anilines is 1. The van der Waals surface area contributed by atoms with Crippen LogP contribution in [0, 0.1) is 0 Å². The Balaban J connectivity index is 2.08. The Bertz CT molecular complexity index is 402. The van der Waals surface area contributed by atoms with Gasteiger partial charge in [-0.2, -0.15) is 0 Å². The van der Waals surface area contributed by atoms with E-state index >= 15 is 0 Å². The van der Waals surface area contributed by atoms with Gasteiger partial charge in [-0.3, -0.25) is 0 Å². The van der Waals surface area contributed by atoms with Crippen molar-refractivity contribution >= 4 is 21.6 Å². The molecule has 0 radical (unpaired) electrons. The smallest absolute Gasteiger partial charge is 0.0513 e. The first-order valence-corrected chi connectivity index (χ1v) is 8.31. The van der Waals surface area contributed by atoms with E-state index in [4.69, 9.17) is 0 Å². The average Bonchev–Trinajstić information content (AvgIpc) is 3.23. The van der Waals surface area contributed by atoms with Gasteiger partial charge in [-0.05, 0) is 59.4 Å². The topological polar surface area (TPSA) is 15.3 Å². The second kappa shape index (κ2) is 7.30. The monoisotopic (exact) mass is 324 g/mol. The molecule has 2 rings (SSSR count). The summed E-state index contributed by atoms with van der Waals surface area (Å²) < 4.78 is 1.24. The van der Waals surface area contributed by atoms with Crippen molar-refractivity contribution in [1.29, 1.82) is 0 Å². The van der Waals surface area contributed by atoms with Gasteiger partial charge in [-0.1, -0.05) is 26.3 Å². The predicted octanol–water partition coefficient (Wildman–Crippen LogP) is 4.33. The van der Waals surface area contributed by atoms with Crippen molar-refractivity contribution in [3.05, 3.63) is 28.2 Å². The molecule has 1 saturated carbocycles. The van der Waals surface area contributed by atoms with Crippen LogP contribution in [0.5, 0.6) is 0 Å². The van der Waals surface area contributed by atoms with Crippen LogP contribution in [0.25, 0.3) is 0 Å². The average molecular weight is 325 g/mol. The van der Waals surface area contributed by atoms with Gasteiger partial charge < -0.3 is 10.2 Å². The molecule has 1 fully saturated rings. The fourth-order valence-electron chi connectivity index (χ4n) is 2.38. The highest BCUT2D eigenvalue weighted by molar-refractivity contribution is 9.10. The lowest BCUT2D eigenvalue weighted by molar-refractivity contribution is 0.709. The third-order valence-electron chi connectivity index (χ3n) is 3.64. The largest absolute Gasteiger partial charge is 0.368 e. The van der Waals surface area contributed by atoms with Crippen molar-refractivity contribution < 1.29 is 0 Å². The lowest BCUT2D eigenvalue weighted by Gasteiger charge is -2.26. The Hall–Kier alpha value is -0.540. The van der Waals surface area contributed by atoms with Gasteiger partial charge >= 0.3 is 0 Å². The Morgan fingerprint density at radius 3 is 2.68 bits per heavy atom. The number of hydrogen-bond acceptors (Lipinski definition) is 2. The first kappa shape index (κ1) is 14.9. The van der Waals surface area contributed by atoms with Crippen LogP contribution < -0.4 is 10.2 Å². The van der Waals surface area contributed by atoms with E-state index < -0.39 is 0 Å². The van der Waals surface area contributed by atoms with E-state index in [1.54, 1.807) is 0 Å². The molecule has 0 unspecified atom stereocenters. The SMILES string of the molecule is CCCCN(c1ccc(CNCC)cc1Br)C1CC1. The first-order valence-electron chi connectivity index (χ1n) is 7.52. The van der Waals surface area contributed by atoms with Crippen LogP contribution in [-0.4, -0.2) is 19.1 Å². The van der Waals surface area contributed by atoms with Crippen molar-refractivity contribution in [2.24, 2.45) is 0 Å². The quantitative estimate of drug-likeness (QED) is 0.765. The summed E-state index contributed by atoms with van der Waals surface area (Å²) in [6.07, 6.45) is 5.26. The Morgan fingerprint density at radius 2 is 2.11 bits per heavy atom. The molecule has 1 aromatic rings. The third kappa shape index (κ3) is 4.22. The van der Waals surface area contributed by atoms with E-state index in [0.717, 1.165) is 19.1 Å². The zero-order valence-corrected chi connectivity index (χ0v) is 13.7. The molecule has 1 aromatic carbocycles. The number of nitrogens with one attached hydrogen (secondary N) is 1. The normalized spacial score (nSPS) is 14.7. The van der Waals surface area contributed by atoms with Gasteiger partial charge in [0.05, 0.1) is 5.69 Å². The number of unbranched alkanes of at least 4 members (excludes halogenated alkanes) is 1. The van der Waals surface area contributed by atoms with E-state index in [1.165, 1.54) is 48.0 Å². The summed E-state index contributed by atoms with van der Waals surface area (Å²) in [5.41, 5.74) is 2.72. The van der Waals surface area contributed by atoms with Crippen LogP contribution in [0.3, 0.4) is 0 Å². The molecule has 2 nitrogen and oxygen atoms in total. The summed E-state index contributed by atoms with van der Waals surface area (Å²) in [6.45, 7) is 7.56. The van der Waals surface area contributed by atoms with Crippen LogP contribution in [0.1, 0.15) is 45.1 Å². The summed E-state index contributed by atoms with van der Waals surface area (Å²) in [5.74, 6) is 0. The number of halogens is 1. The van der Waals surface area contributed by atoms with E-state index in [0.29, 0.717) is 0 Å². The summed E-state index contributed by atoms with van der Waals surface area (Å²) in [4.78, 5) is 2.59. The molecule has 1 N–H and O–H groups in total. The van der Waals surface area contributed by atoms with Gasteiger partial charge in [0.2, 0.25) is 0 Å². The summed E-state index contributed by atoms with van der Waals surface area (Å²) in [5, 5.41) is 3.38. The number of benzene rings is 1. The van der Waals surface area contributed by atoms with Crippen molar-refractivity contribution in [3.63, 3.8) is 0 Å². The van der Waals surface area contributed by atoms with E-state index in [-0.39, 0.29) is 0 Å². The number of rotatable bonds is 8. The fourth-order valence-corrected chi connectivity index (χ4v) is 3.03. The second-order valence-electron chi connectivity index (χ2n) is 5.34. The first-order chi connectivity index (χ1) is 9.26. The fraction of sp³-hybridized carbons (Fsp3) is 0.625. The third-order valence-corrected chi connectivity index (χ3v) is 4.28. The highest BCUT2D eigenvalue weighted by atomic mass is 79.9. The second-order valence-corrected chi connectivity index (χ2v) is 6.20. The molecule has 19 heavy (non-hydrogen) atoms. The van der Waals surface area contributed by atoms with Crippen LogP contribution in [-0.2, 0) is 6.54 Å².